The Hall–Kier alpha value is -1.89. The smallest absolute Gasteiger partial charge is 0.312 e. The molecule has 3 aromatic heterocycles. The lowest BCUT2D eigenvalue weighted by molar-refractivity contribution is -0.142. The Morgan fingerprint density at radius 1 is 1.29 bits per heavy atom. The maximum absolute atomic E-state index is 11.8. The van der Waals surface area contributed by atoms with E-state index in [0.29, 0.717) is 39.0 Å². The molecular weight excluding hydrogens is 371 g/mol. The van der Waals surface area contributed by atoms with Gasteiger partial charge in [0.05, 0.1) is 33.5 Å². The second-order valence-electron chi connectivity index (χ2n) is 4.75. The van der Waals surface area contributed by atoms with Gasteiger partial charge in [0.15, 0.2) is 5.76 Å². The molecule has 8 heteroatoms. The Balaban J connectivity index is 2.01. The van der Waals surface area contributed by atoms with Crippen molar-refractivity contribution >= 4 is 40.5 Å². The molecule has 0 saturated heterocycles. The zero-order valence-electron chi connectivity index (χ0n) is 12.6. The van der Waals surface area contributed by atoms with Gasteiger partial charge in [0.25, 0.3) is 0 Å². The van der Waals surface area contributed by atoms with Crippen LogP contribution in [0.25, 0.3) is 22.1 Å². The van der Waals surface area contributed by atoms with Crippen LogP contribution in [0.1, 0.15) is 12.6 Å². The van der Waals surface area contributed by atoms with Gasteiger partial charge >= 0.3 is 5.97 Å². The highest BCUT2D eigenvalue weighted by molar-refractivity contribution is 7.19. The molecule has 0 aliphatic heterocycles. The fourth-order valence-corrected chi connectivity index (χ4v) is 3.23. The number of esters is 1. The third kappa shape index (κ3) is 3.77. The van der Waals surface area contributed by atoms with Crippen molar-refractivity contribution in [1.29, 1.82) is 0 Å². The van der Waals surface area contributed by atoms with E-state index in [2.05, 4.69) is 9.97 Å². The SMILES string of the molecule is CCOC(=O)Cc1nc(-c2ccc(Cl)nc2)oc1-c1ccc(Cl)s1. The van der Waals surface area contributed by atoms with Crippen molar-refractivity contribution in [2.24, 2.45) is 0 Å². The first-order chi connectivity index (χ1) is 11.6. The van der Waals surface area contributed by atoms with Crippen LogP contribution in [0.4, 0.5) is 0 Å². The molecule has 3 heterocycles. The average Bonchev–Trinajstić information content (AvgIpc) is 3.14. The van der Waals surface area contributed by atoms with Crippen LogP contribution in [0.15, 0.2) is 34.9 Å². The quantitative estimate of drug-likeness (QED) is 0.464. The third-order valence-electron chi connectivity index (χ3n) is 3.09. The molecule has 0 N–H and O–H groups in total. The Kier molecular flexibility index (Phi) is 5.18. The molecule has 124 valence electrons. The van der Waals surface area contributed by atoms with E-state index < -0.39 is 0 Å². The lowest BCUT2D eigenvalue weighted by atomic mass is 10.2. The largest absolute Gasteiger partial charge is 0.466 e. The van der Waals surface area contributed by atoms with Crippen LogP contribution >= 0.6 is 34.5 Å². The minimum atomic E-state index is -0.365. The van der Waals surface area contributed by atoms with E-state index >= 15 is 0 Å². The maximum Gasteiger partial charge on any atom is 0.312 e. The van der Waals surface area contributed by atoms with E-state index in [1.54, 1.807) is 31.3 Å². The number of carbonyl (C=O) groups excluding carboxylic acids is 1. The fraction of sp³-hybridized carbons (Fsp3) is 0.188. The van der Waals surface area contributed by atoms with Crippen LogP contribution in [0, 0.1) is 0 Å². The highest BCUT2D eigenvalue weighted by Crippen LogP contribution is 2.36. The maximum atomic E-state index is 11.8. The predicted octanol–water partition coefficient (Wildman–Crippen LogP) is 4.88. The number of ether oxygens (including phenoxy) is 1. The number of rotatable bonds is 5. The minimum Gasteiger partial charge on any atom is -0.466 e. The first kappa shape index (κ1) is 17.0. The monoisotopic (exact) mass is 382 g/mol. The molecule has 3 aromatic rings. The standard InChI is InChI=1S/C16H12Cl2N2O3S/c1-2-22-14(21)7-10-15(11-4-6-13(18)24-11)23-16(20-10)9-3-5-12(17)19-8-9/h3-6,8H,2,7H2,1H3. The van der Waals surface area contributed by atoms with E-state index in [1.165, 1.54) is 11.3 Å². The Morgan fingerprint density at radius 3 is 2.75 bits per heavy atom. The zero-order valence-corrected chi connectivity index (χ0v) is 14.9. The van der Waals surface area contributed by atoms with E-state index in [0.717, 1.165) is 4.88 Å². The number of aromatic nitrogens is 2. The summed E-state index contributed by atoms with van der Waals surface area (Å²) >= 11 is 13.2. The van der Waals surface area contributed by atoms with Crippen molar-refractivity contribution in [3.63, 3.8) is 0 Å². The van der Waals surface area contributed by atoms with Crippen molar-refractivity contribution in [2.45, 2.75) is 13.3 Å². The molecule has 0 radical (unpaired) electrons. The lowest BCUT2D eigenvalue weighted by Crippen LogP contribution is -2.08. The van der Waals surface area contributed by atoms with Gasteiger partial charge in [-0.3, -0.25) is 4.79 Å². The van der Waals surface area contributed by atoms with Gasteiger partial charge < -0.3 is 9.15 Å². The summed E-state index contributed by atoms with van der Waals surface area (Å²) in [4.78, 5) is 21.1. The summed E-state index contributed by atoms with van der Waals surface area (Å²) in [7, 11) is 0. The molecule has 0 amide bonds. The summed E-state index contributed by atoms with van der Waals surface area (Å²) in [6, 6.07) is 6.99. The van der Waals surface area contributed by atoms with Gasteiger partial charge in [0, 0.05) is 6.20 Å². The van der Waals surface area contributed by atoms with Crippen molar-refractivity contribution < 1.29 is 13.9 Å². The van der Waals surface area contributed by atoms with Gasteiger partial charge in [-0.05, 0) is 31.2 Å². The normalized spacial score (nSPS) is 10.8. The second kappa shape index (κ2) is 7.34. The molecule has 0 aliphatic rings. The summed E-state index contributed by atoms with van der Waals surface area (Å²) in [6.45, 7) is 2.07. The second-order valence-corrected chi connectivity index (χ2v) is 6.85. The van der Waals surface area contributed by atoms with E-state index in [1.807, 2.05) is 6.07 Å². The van der Waals surface area contributed by atoms with Crippen LogP contribution in [0.2, 0.25) is 9.49 Å². The number of oxazole rings is 1. The van der Waals surface area contributed by atoms with Crippen LogP contribution in [-0.4, -0.2) is 22.5 Å². The molecule has 0 aliphatic carbocycles. The average molecular weight is 383 g/mol. The number of nitrogens with zero attached hydrogens (tertiary/aromatic N) is 2. The molecule has 5 nitrogen and oxygen atoms in total. The van der Waals surface area contributed by atoms with Crippen LogP contribution in [0.5, 0.6) is 0 Å². The number of carbonyl (C=O) groups is 1. The van der Waals surface area contributed by atoms with E-state index in [9.17, 15) is 4.79 Å². The number of halogens is 2. The molecule has 0 aromatic carbocycles. The van der Waals surface area contributed by atoms with Crippen molar-refractivity contribution in [2.75, 3.05) is 6.61 Å². The molecule has 3 rings (SSSR count). The van der Waals surface area contributed by atoms with Crippen LogP contribution in [-0.2, 0) is 16.0 Å². The van der Waals surface area contributed by atoms with E-state index in [-0.39, 0.29) is 12.4 Å². The molecule has 0 unspecified atom stereocenters. The van der Waals surface area contributed by atoms with Crippen LogP contribution in [0.3, 0.4) is 0 Å². The number of hydrogen-bond donors (Lipinski definition) is 0. The van der Waals surface area contributed by atoms with Crippen molar-refractivity contribution in [3.8, 4) is 22.1 Å². The zero-order chi connectivity index (χ0) is 17.1. The molecule has 0 saturated carbocycles. The summed E-state index contributed by atoms with van der Waals surface area (Å²) in [5.74, 6) is 0.498. The van der Waals surface area contributed by atoms with Crippen LogP contribution < -0.4 is 0 Å². The minimum absolute atomic E-state index is 0.0171. The highest BCUT2D eigenvalue weighted by Gasteiger charge is 2.21. The third-order valence-corrected chi connectivity index (χ3v) is 4.54. The van der Waals surface area contributed by atoms with Gasteiger partial charge in [0.1, 0.15) is 5.15 Å². The van der Waals surface area contributed by atoms with Crippen molar-refractivity contribution in [1.82, 2.24) is 9.97 Å². The fourth-order valence-electron chi connectivity index (χ4n) is 2.07. The first-order valence-electron chi connectivity index (χ1n) is 7.09. The summed E-state index contributed by atoms with van der Waals surface area (Å²) in [6.07, 6.45) is 1.58. The van der Waals surface area contributed by atoms with E-state index in [4.69, 9.17) is 32.4 Å². The number of thiophene rings is 1. The molecule has 0 atom stereocenters. The Bertz CT molecular complexity index is 859. The highest BCUT2D eigenvalue weighted by atomic mass is 35.5. The Labute approximate surface area is 152 Å². The molecule has 24 heavy (non-hydrogen) atoms. The first-order valence-corrected chi connectivity index (χ1v) is 8.67. The van der Waals surface area contributed by atoms with Gasteiger partial charge in [0.2, 0.25) is 5.89 Å². The number of hydrogen-bond acceptors (Lipinski definition) is 6. The van der Waals surface area contributed by atoms with Gasteiger partial charge in [-0.25, -0.2) is 9.97 Å². The molecule has 0 spiro atoms. The summed E-state index contributed by atoms with van der Waals surface area (Å²) < 4.78 is 11.5. The Morgan fingerprint density at radius 2 is 2.12 bits per heavy atom. The predicted molar refractivity (Wildman–Crippen MR) is 93.4 cm³/mol. The molecular formula is C16H12Cl2N2O3S. The van der Waals surface area contributed by atoms with Gasteiger partial charge in [-0.2, -0.15) is 0 Å². The van der Waals surface area contributed by atoms with Gasteiger partial charge in [-0.15, -0.1) is 11.3 Å². The van der Waals surface area contributed by atoms with Crippen molar-refractivity contribution in [3.05, 3.63) is 45.6 Å². The molecule has 0 fully saturated rings. The summed E-state index contributed by atoms with van der Waals surface area (Å²) in [5, 5.41) is 0.377. The summed E-state index contributed by atoms with van der Waals surface area (Å²) in [5.41, 5.74) is 1.16. The van der Waals surface area contributed by atoms with Gasteiger partial charge in [-0.1, -0.05) is 23.2 Å². The number of pyridine rings is 1. The lowest BCUT2D eigenvalue weighted by Gasteiger charge is -2.00. The topological polar surface area (TPSA) is 65.2 Å². The molecule has 0 bridgehead atoms.